The summed E-state index contributed by atoms with van der Waals surface area (Å²) in [6.45, 7) is 0.305. The molecule has 166 valence electrons. The molecule has 1 fully saturated rings. The number of ether oxygens (including phenoxy) is 1. The van der Waals surface area contributed by atoms with E-state index >= 15 is 0 Å². The molecule has 7 nitrogen and oxygen atoms in total. The number of benzene rings is 2. The number of hydrogen-bond acceptors (Lipinski definition) is 5. The van der Waals surface area contributed by atoms with Crippen molar-refractivity contribution in [3.05, 3.63) is 66.0 Å². The molecule has 2 aromatic carbocycles. The van der Waals surface area contributed by atoms with Crippen molar-refractivity contribution in [1.82, 2.24) is 9.62 Å². The summed E-state index contributed by atoms with van der Waals surface area (Å²) < 4.78 is 45.0. The number of methoxy groups -OCH3 is 1. The Morgan fingerprint density at radius 2 is 1.84 bits per heavy atom. The number of rotatable bonds is 7. The fourth-order valence-electron chi connectivity index (χ4n) is 3.61. The molecule has 1 aliphatic rings. The molecule has 1 amide bonds. The largest absolute Gasteiger partial charge is 0.469 e. The van der Waals surface area contributed by atoms with E-state index in [-0.39, 0.29) is 30.3 Å². The Hall–Kier alpha value is -2.78. The van der Waals surface area contributed by atoms with Gasteiger partial charge in [-0.3, -0.25) is 9.59 Å². The smallest absolute Gasteiger partial charge is 0.307 e. The van der Waals surface area contributed by atoms with Crippen LogP contribution < -0.4 is 5.32 Å². The topological polar surface area (TPSA) is 92.8 Å². The third kappa shape index (κ3) is 5.68. The number of amides is 1. The summed E-state index contributed by atoms with van der Waals surface area (Å²) in [7, 11) is -2.55. The van der Waals surface area contributed by atoms with Gasteiger partial charge in [0.2, 0.25) is 15.9 Å². The van der Waals surface area contributed by atoms with Crippen LogP contribution in [-0.2, 0) is 24.3 Å². The van der Waals surface area contributed by atoms with Crippen LogP contribution in [0.25, 0.3) is 0 Å². The second-order valence-electron chi connectivity index (χ2n) is 7.41. The van der Waals surface area contributed by atoms with Crippen molar-refractivity contribution in [3.63, 3.8) is 0 Å². The molecular weight excluding hydrogens is 423 g/mol. The van der Waals surface area contributed by atoms with E-state index in [1.165, 1.54) is 23.5 Å². The minimum atomic E-state index is -3.84. The Balaban J connectivity index is 1.73. The van der Waals surface area contributed by atoms with Crippen LogP contribution in [0.3, 0.4) is 0 Å². The zero-order valence-corrected chi connectivity index (χ0v) is 18.0. The second-order valence-corrected chi connectivity index (χ2v) is 9.35. The van der Waals surface area contributed by atoms with Crippen LogP contribution in [0.2, 0.25) is 0 Å². The predicted molar refractivity (Wildman–Crippen MR) is 112 cm³/mol. The lowest BCUT2D eigenvalue weighted by atomic mass is 9.97. The zero-order valence-electron chi connectivity index (χ0n) is 17.2. The lowest BCUT2D eigenvalue weighted by Gasteiger charge is -2.32. The Morgan fingerprint density at radius 1 is 1.16 bits per heavy atom. The number of halogens is 1. The van der Waals surface area contributed by atoms with Gasteiger partial charge in [0.05, 0.1) is 30.4 Å². The molecule has 9 heteroatoms. The van der Waals surface area contributed by atoms with Gasteiger partial charge < -0.3 is 10.1 Å². The first-order valence-corrected chi connectivity index (χ1v) is 11.4. The molecule has 31 heavy (non-hydrogen) atoms. The molecule has 0 saturated carbocycles. The molecule has 3 rings (SSSR count). The van der Waals surface area contributed by atoms with Crippen LogP contribution in [-0.4, -0.2) is 44.8 Å². The SMILES string of the molecule is COC(=O)C[C@H](NC(=O)[C@@H]1CCCN(S(=O)(=O)c2ccc(F)cc2)C1)c1ccccc1. The van der Waals surface area contributed by atoms with Gasteiger partial charge in [-0.05, 0) is 42.7 Å². The monoisotopic (exact) mass is 448 g/mol. The average Bonchev–Trinajstić information content (AvgIpc) is 2.79. The Kier molecular flexibility index (Phi) is 7.40. The molecule has 1 N–H and O–H groups in total. The molecular formula is C22H25FN2O5S. The van der Waals surface area contributed by atoms with Gasteiger partial charge in [-0.2, -0.15) is 4.31 Å². The number of nitrogens with zero attached hydrogens (tertiary/aromatic N) is 1. The molecule has 1 aliphatic heterocycles. The number of sulfonamides is 1. The van der Waals surface area contributed by atoms with Crippen molar-refractivity contribution < 1.29 is 27.1 Å². The van der Waals surface area contributed by atoms with Crippen LogP contribution in [0.15, 0.2) is 59.5 Å². The van der Waals surface area contributed by atoms with Gasteiger partial charge in [0.1, 0.15) is 5.82 Å². The number of hydrogen-bond donors (Lipinski definition) is 1. The van der Waals surface area contributed by atoms with Crippen molar-refractivity contribution in [2.24, 2.45) is 5.92 Å². The summed E-state index contributed by atoms with van der Waals surface area (Å²) in [5.74, 6) is -1.87. The lowest BCUT2D eigenvalue weighted by molar-refractivity contribution is -0.141. The molecule has 1 saturated heterocycles. The van der Waals surface area contributed by atoms with Crippen LogP contribution in [0.5, 0.6) is 0 Å². The molecule has 0 spiro atoms. The first kappa shape index (κ1) is 22.9. The molecule has 0 aliphatic carbocycles. The van der Waals surface area contributed by atoms with E-state index in [0.29, 0.717) is 12.8 Å². The van der Waals surface area contributed by atoms with Gasteiger partial charge in [-0.25, -0.2) is 12.8 Å². The van der Waals surface area contributed by atoms with E-state index in [1.54, 1.807) is 12.1 Å². The highest BCUT2D eigenvalue weighted by Crippen LogP contribution is 2.25. The molecule has 0 unspecified atom stereocenters. The van der Waals surface area contributed by atoms with Crippen molar-refractivity contribution >= 4 is 21.9 Å². The maximum Gasteiger partial charge on any atom is 0.307 e. The third-order valence-electron chi connectivity index (χ3n) is 5.32. The fourth-order valence-corrected chi connectivity index (χ4v) is 5.13. The molecule has 0 bridgehead atoms. The standard InChI is InChI=1S/C22H25FN2O5S/c1-30-21(26)14-20(16-6-3-2-4-7-16)24-22(27)17-8-5-13-25(15-17)31(28,29)19-11-9-18(23)10-12-19/h2-4,6-7,9-12,17,20H,5,8,13-15H2,1H3,(H,24,27)/t17-,20+/m1/s1. The summed E-state index contributed by atoms with van der Waals surface area (Å²) in [6, 6.07) is 13.1. The van der Waals surface area contributed by atoms with Crippen molar-refractivity contribution in [2.75, 3.05) is 20.2 Å². The number of nitrogens with one attached hydrogen (secondary N) is 1. The molecule has 1 heterocycles. The number of piperidine rings is 1. The van der Waals surface area contributed by atoms with Gasteiger partial charge in [0.15, 0.2) is 0 Å². The van der Waals surface area contributed by atoms with Crippen LogP contribution in [0.1, 0.15) is 30.9 Å². The summed E-state index contributed by atoms with van der Waals surface area (Å²) in [5, 5.41) is 2.88. The fraction of sp³-hybridized carbons (Fsp3) is 0.364. The summed E-state index contributed by atoms with van der Waals surface area (Å²) in [6.07, 6.45) is 1.02. The summed E-state index contributed by atoms with van der Waals surface area (Å²) in [5.41, 5.74) is 0.757. The third-order valence-corrected chi connectivity index (χ3v) is 7.20. The van der Waals surface area contributed by atoms with E-state index in [9.17, 15) is 22.4 Å². The number of carbonyl (C=O) groups is 2. The van der Waals surface area contributed by atoms with E-state index in [4.69, 9.17) is 4.74 Å². The quantitative estimate of drug-likeness (QED) is 0.658. The molecule has 2 atom stereocenters. The zero-order chi connectivity index (χ0) is 22.4. The van der Waals surface area contributed by atoms with Crippen molar-refractivity contribution in [1.29, 1.82) is 0 Å². The maximum atomic E-state index is 13.2. The highest BCUT2D eigenvalue weighted by atomic mass is 32.2. The minimum Gasteiger partial charge on any atom is -0.469 e. The van der Waals surface area contributed by atoms with E-state index in [2.05, 4.69) is 5.32 Å². The van der Waals surface area contributed by atoms with Gasteiger partial charge in [0.25, 0.3) is 0 Å². The summed E-state index contributed by atoms with van der Waals surface area (Å²) >= 11 is 0. The van der Waals surface area contributed by atoms with Gasteiger partial charge in [-0.15, -0.1) is 0 Å². The van der Waals surface area contributed by atoms with Gasteiger partial charge in [-0.1, -0.05) is 30.3 Å². The predicted octanol–water partition coefficient (Wildman–Crippen LogP) is 2.65. The lowest BCUT2D eigenvalue weighted by Crippen LogP contribution is -2.46. The van der Waals surface area contributed by atoms with Crippen molar-refractivity contribution in [2.45, 2.75) is 30.2 Å². The van der Waals surface area contributed by atoms with E-state index < -0.39 is 33.8 Å². The van der Waals surface area contributed by atoms with Crippen molar-refractivity contribution in [3.8, 4) is 0 Å². The van der Waals surface area contributed by atoms with E-state index in [0.717, 1.165) is 17.7 Å². The summed E-state index contributed by atoms with van der Waals surface area (Å²) in [4.78, 5) is 24.8. The van der Waals surface area contributed by atoms with Gasteiger partial charge in [0, 0.05) is 13.1 Å². The average molecular weight is 449 g/mol. The minimum absolute atomic E-state index is 0.0113. The number of carbonyl (C=O) groups excluding carboxylic acids is 2. The Bertz CT molecular complexity index is 1010. The van der Waals surface area contributed by atoms with E-state index in [1.807, 2.05) is 18.2 Å². The first-order valence-electron chi connectivity index (χ1n) is 9.99. The second kappa shape index (κ2) is 10.0. The normalized spacial score (nSPS) is 18.2. The Morgan fingerprint density at radius 3 is 2.48 bits per heavy atom. The maximum absolute atomic E-state index is 13.2. The van der Waals surface area contributed by atoms with Crippen LogP contribution in [0, 0.1) is 11.7 Å². The number of esters is 1. The highest BCUT2D eigenvalue weighted by molar-refractivity contribution is 7.89. The first-order chi connectivity index (χ1) is 14.8. The van der Waals surface area contributed by atoms with Crippen LogP contribution >= 0.6 is 0 Å². The van der Waals surface area contributed by atoms with Crippen LogP contribution in [0.4, 0.5) is 4.39 Å². The molecule has 2 aromatic rings. The molecule has 0 aromatic heterocycles. The van der Waals surface area contributed by atoms with Gasteiger partial charge >= 0.3 is 5.97 Å². The highest BCUT2D eigenvalue weighted by Gasteiger charge is 2.34. The Labute approximate surface area is 181 Å². The molecule has 0 radical (unpaired) electrons.